The smallest absolute Gasteiger partial charge is 0.187 e. The van der Waals surface area contributed by atoms with E-state index in [1.807, 2.05) is 0 Å². The van der Waals surface area contributed by atoms with Gasteiger partial charge >= 0.3 is 0 Å². The van der Waals surface area contributed by atoms with Crippen LogP contribution in [0.5, 0.6) is 0 Å². The van der Waals surface area contributed by atoms with Crippen molar-refractivity contribution in [2.75, 3.05) is 0 Å². The third kappa shape index (κ3) is 1.05. The Kier molecular flexibility index (Phi) is 1.71. The van der Waals surface area contributed by atoms with Gasteiger partial charge in [-0.15, -0.1) is 0 Å². The summed E-state index contributed by atoms with van der Waals surface area (Å²) < 4.78 is 24.5. The van der Waals surface area contributed by atoms with E-state index in [1.54, 1.807) is 18.2 Å². The summed E-state index contributed by atoms with van der Waals surface area (Å²) in [4.78, 5) is 0.398. The Balaban J connectivity index is 2.67. The van der Waals surface area contributed by atoms with Crippen molar-refractivity contribution in [3.05, 3.63) is 30.7 Å². The zero-order chi connectivity index (χ0) is 8.55. The molecule has 1 atom stereocenters. The molecule has 1 heterocycles. The summed E-state index contributed by atoms with van der Waals surface area (Å²) in [6.45, 7) is 0. The average Bonchev–Trinajstić information content (AvgIpc) is 2.47. The molecule has 0 bridgehead atoms. The molecule has 1 aliphatic carbocycles. The van der Waals surface area contributed by atoms with Gasteiger partial charge in [0, 0.05) is 5.56 Å². The van der Waals surface area contributed by atoms with Gasteiger partial charge in [-0.05, 0) is 17.7 Å². The van der Waals surface area contributed by atoms with Crippen LogP contribution >= 0.6 is 0 Å². The van der Waals surface area contributed by atoms with Gasteiger partial charge in [-0.2, -0.15) is 0 Å². The van der Waals surface area contributed by atoms with Crippen molar-refractivity contribution in [3.63, 3.8) is 0 Å². The maximum atomic E-state index is 10.7. The second-order valence-corrected chi connectivity index (χ2v) is 3.31. The van der Waals surface area contributed by atoms with Gasteiger partial charge in [0.2, 0.25) is 0 Å². The van der Waals surface area contributed by atoms with Gasteiger partial charge in [0.25, 0.3) is 0 Å². The highest BCUT2D eigenvalue weighted by Crippen LogP contribution is 2.29. The highest BCUT2D eigenvalue weighted by atomic mass is 32.2. The molecule has 1 aliphatic heterocycles. The second kappa shape index (κ2) is 2.73. The molecule has 0 radical (unpaired) electrons. The molecule has 3 nitrogen and oxygen atoms in total. The largest absolute Gasteiger partial charge is 0.472 e. The van der Waals surface area contributed by atoms with Crippen LogP contribution in [0.25, 0.3) is 11.1 Å². The SMILES string of the molecule is O=S(O)c1ccc2ccocc1-2. The van der Waals surface area contributed by atoms with E-state index in [4.69, 9.17) is 8.97 Å². The van der Waals surface area contributed by atoms with E-state index in [1.165, 1.54) is 12.5 Å². The van der Waals surface area contributed by atoms with E-state index < -0.39 is 11.1 Å². The Bertz CT molecular complexity index is 393. The molecule has 0 aromatic carbocycles. The van der Waals surface area contributed by atoms with Crippen LogP contribution in [-0.2, 0) is 11.1 Å². The highest BCUT2D eigenvalue weighted by Gasteiger charge is 2.12. The van der Waals surface area contributed by atoms with Crippen LogP contribution in [0.2, 0.25) is 0 Å². The van der Waals surface area contributed by atoms with Crippen LogP contribution in [0.15, 0.2) is 40.0 Å². The Morgan fingerprint density at radius 2 is 2.17 bits per heavy atom. The second-order valence-electron chi connectivity index (χ2n) is 2.37. The van der Waals surface area contributed by atoms with Gasteiger partial charge in [-0.3, -0.25) is 0 Å². The zero-order valence-corrected chi connectivity index (χ0v) is 6.88. The van der Waals surface area contributed by atoms with Crippen LogP contribution in [0.3, 0.4) is 0 Å². The van der Waals surface area contributed by atoms with E-state index in [0.717, 1.165) is 5.56 Å². The van der Waals surface area contributed by atoms with Crippen molar-refractivity contribution < 1.29 is 13.2 Å². The Labute approximate surface area is 71.6 Å². The highest BCUT2D eigenvalue weighted by molar-refractivity contribution is 7.79. The molecule has 1 N–H and O–H groups in total. The van der Waals surface area contributed by atoms with Crippen molar-refractivity contribution in [2.24, 2.45) is 0 Å². The molecule has 0 fully saturated rings. The Morgan fingerprint density at radius 3 is 2.92 bits per heavy atom. The van der Waals surface area contributed by atoms with Gasteiger partial charge in [0.1, 0.15) is 0 Å². The lowest BCUT2D eigenvalue weighted by atomic mass is 10.2. The van der Waals surface area contributed by atoms with Gasteiger partial charge in [0.15, 0.2) is 11.1 Å². The Morgan fingerprint density at radius 1 is 1.33 bits per heavy atom. The number of hydrogen-bond donors (Lipinski definition) is 1. The number of hydrogen-bond acceptors (Lipinski definition) is 2. The molecule has 0 aromatic heterocycles. The molecule has 2 aliphatic rings. The lowest BCUT2D eigenvalue weighted by molar-refractivity contribution is 0.547. The minimum Gasteiger partial charge on any atom is -0.472 e. The summed E-state index contributed by atoms with van der Waals surface area (Å²) in [7, 11) is 0. The van der Waals surface area contributed by atoms with E-state index in [2.05, 4.69) is 0 Å². The van der Waals surface area contributed by atoms with Gasteiger partial charge in [-0.1, -0.05) is 6.07 Å². The number of rotatable bonds is 1. The lowest BCUT2D eigenvalue weighted by Crippen LogP contribution is -1.86. The predicted octanol–water partition coefficient (Wildman–Crippen LogP) is 1.97. The first-order chi connectivity index (χ1) is 5.79. The third-order valence-corrected chi connectivity index (χ3v) is 2.42. The van der Waals surface area contributed by atoms with Crippen molar-refractivity contribution in [1.29, 1.82) is 0 Å². The fourth-order valence-corrected chi connectivity index (χ4v) is 1.67. The fourth-order valence-electron chi connectivity index (χ4n) is 1.13. The summed E-state index contributed by atoms with van der Waals surface area (Å²) >= 11 is -1.93. The fraction of sp³-hybridized carbons (Fsp3) is 0. The predicted molar refractivity (Wildman–Crippen MR) is 44.4 cm³/mol. The summed E-state index contributed by atoms with van der Waals surface area (Å²) in [5.41, 5.74) is 1.61. The molecule has 0 saturated heterocycles. The monoisotopic (exact) mass is 182 g/mol. The molecular weight excluding hydrogens is 176 g/mol. The van der Waals surface area contributed by atoms with E-state index in [-0.39, 0.29) is 0 Å². The molecule has 12 heavy (non-hydrogen) atoms. The average molecular weight is 182 g/mol. The van der Waals surface area contributed by atoms with E-state index >= 15 is 0 Å². The molecule has 0 aromatic rings. The van der Waals surface area contributed by atoms with Crippen molar-refractivity contribution in [2.45, 2.75) is 4.90 Å². The van der Waals surface area contributed by atoms with Gasteiger partial charge < -0.3 is 8.97 Å². The zero-order valence-electron chi connectivity index (χ0n) is 6.06. The van der Waals surface area contributed by atoms with Crippen molar-refractivity contribution >= 4 is 11.1 Å². The summed E-state index contributed by atoms with van der Waals surface area (Å²) in [5, 5.41) is 0. The summed E-state index contributed by atoms with van der Waals surface area (Å²) in [6.07, 6.45) is 3.01. The maximum absolute atomic E-state index is 10.7. The first-order valence-corrected chi connectivity index (χ1v) is 4.45. The normalized spacial score (nSPS) is 13.4. The van der Waals surface area contributed by atoms with Crippen LogP contribution in [0.4, 0.5) is 0 Å². The maximum Gasteiger partial charge on any atom is 0.187 e. The minimum atomic E-state index is -1.93. The first kappa shape index (κ1) is 7.52. The quantitative estimate of drug-likeness (QED) is 0.686. The van der Waals surface area contributed by atoms with Crippen LogP contribution in [-0.4, -0.2) is 8.76 Å². The lowest BCUT2D eigenvalue weighted by Gasteiger charge is -1.97. The molecule has 4 heteroatoms. The van der Waals surface area contributed by atoms with E-state index in [9.17, 15) is 4.21 Å². The third-order valence-electron chi connectivity index (χ3n) is 1.69. The standard InChI is InChI=1S/C8H6O3S/c9-12(10)8-2-1-6-3-4-11-5-7(6)8/h1-5H,(H,9,10). The molecule has 62 valence electrons. The van der Waals surface area contributed by atoms with Crippen LogP contribution in [0.1, 0.15) is 0 Å². The molecule has 2 rings (SSSR count). The van der Waals surface area contributed by atoms with Crippen LogP contribution < -0.4 is 0 Å². The molecule has 0 amide bonds. The van der Waals surface area contributed by atoms with E-state index in [0.29, 0.717) is 10.5 Å². The van der Waals surface area contributed by atoms with Gasteiger partial charge in [0.05, 0.1) is 17.4 Å². The first-order valence-electron chi connectivity index (χ1n) is 3.35. The molecule has 0 saturated carbocycles. The molecular formula is C8H6O3S. The van der Waals surface area contributed by atoms with Crippen molar-refractivity contribution in [3.8, 4) is 11.1 Å². The topological polar surface area (TPSA) is 50.4 Å². The summed E-state index contributed by atoms with van der Waals surface area (Å²) in [5.74, 6) is 0. The minimum absolute atomic E-state index is 0.398. The molecule has 1 unspecified atom stereocenters. The van der Waals surface area contributed by atoms with Crippen molar-refractivity contribution in [1.82, 2.24) is 0 Å². The number of fused-ring (bicyclic) bond motifs is 1. The Hall–Kier alpha value is -1.13. The van der Waals surface area contributed by atoms with Crippen LogP contribution in [0, 0.1) is 0 Å². The summed E-state index contributed by atoms with van der Waals surface area (Å²) in [6, 6.07) is 5.16. The van der Waals surface area contributed by atoms with Gasteiger partial charge in [-0.25, -0.2) is 4.21 Å². The molecule has 0 spiro atoms.